The van der Waals surface area contributed by atoms with E-state index >= 15 is 0 Å². The lowest BCUT2D eigenvalue weighted by Crippen LogP contribution is -2.47. The van der Waals surface area contributed by atoms with Crippen molar-refractivity contribution < 1.29 is 4.42 Å². The maximum absolute atomic E-state index is 5.87. The minimum Gasteiger partial charge on any atom is -0.408 e. The van der Waals surface area contributed by atoms with Crippen LogP contribution in [0.3, 0.4) is 0 Å². The Morgan fingerprint density at radius 1 is 1.00 bits per heavy atom. The molecule has 2 fully saturated rings. The smallest absolute Gasteiger partial charge is 0.318 e. The third-order valence-electron chi connectivity index (χ3n) is 5.00. The van der Waals surface area contributed by atoms with Gasteiger partial charge in [0.25, 0.3) is 0 Å². The summed E-state index contributed by atoms with van der Waals surface area (Å²) in [4.78, 5) is 8.68. The molecule has 0 N–H and O–H groups in total. The fourth-order valence-electron chi connectivity index (χ4n) is 3.27. The summed E-state index contributed by atoms with van der Waals surface area (Å²) in [5.74, 6) is 2.27. The van der Waals surface area contributed by atoms with Crippen molar-refractivity contribution in [2.45, 2.75) is 25.2 Å². The Bertz CT molecular complexity index is 845. The van der Waals surface area contributed by atoms with Gasteiger partial charge in [0.05, 0.1) is 0 Å². The van der Waals surface area contributed by atoms with Crippen LogP contribution in [0.15, 0.2) is 28.9 Å². The average molecular weight is 325 g/mol. The molecule has 0 atom stereocenters. The zero-order chi connectivity index (χ0) is 15.9. The van der Waals surface area contributed by atoms with Gasteiger partial charge in [-0.3, -0.25) is 0 Å². The Kier molecular flexibility index (Phi) is 3.14. The highest BCUT2D eigenvalue weighted by Crippen LogP contribution is 2.36. The molecule has 0 amide bonds. The van der Waals surface area contributed by atoms with E-state index < -0.39 is 0 Å². The summed E-state index contributed by atoms with van der Waals surface area (Å²) in [5, 5.41) is 13.1. The molecule has 1 saturated heterocycles. The molecule has 8 nitrogen and oxygen atoms in total. The number of rotatable bonds is 3. The molecule has 0 spiro atoms. The monoisotopic (exact) mass is 325 g/mol. The predicted octanol–water partition coefficient (Wildman–Crippen LogP) is 1.71. The Morgan fingerprint density at radius 2 is 1.83 bits per heavy atom. The maximum Gasteiger partial charge on any atom is 0.318 e. The summed E-state index contributed by atoms with van der Waals surface area (Å²) in [6.45, 7) is 3.48. The summed E-state index contributed by atoms with van der Waals surface area (Å²) in [5.41, 5.74) is 0.867. The van der Waals surface area contributed by atoms with Gasteiger partial charge in [-0.1, -0.05) is 11.5 Å². The molecule has 0 unspecified atom stereocenters. The topological polar surface area (TPSA) is 75.6 Å². The third-order valence-corrected chi connectivity index (χ3v) is 5.00. The number of anilines is 2. The Morgan fingerprint density at radius 3 is 2.62 bits per heavy atom. The van der Waals surface area contributed by atoms with Gasteiger partial charge in [-0.05, 0) is 25.0 Å². The second kappa shape index (κ2) is 5.47. The molecular weight excluding hydrogens is 306 g/mol. The molecule has 1 aliphatic heterocycles. The lowest BCUT2D eigenvalue weighted by atomic mass is 9.85. The molecule has 2 aliphatic rings. The molecule has 0 bridgehead atoms. The van der Waals surface area contributed by atoms with Gasteiger partial charge in [-0.2, -0.15) is 0 Å². The van der Waals surface area contributed by atoms with Gasteiger partial charge in [0.1, 0.15) is 5.82 Å². The van der Waals surface area contributed by atoms with Crippen molar-refractivity contribution in [3.05, 3.63) is 30.4 Å². The van der Waals surface area contributed by atoms with Gasteiger partial charge in [0, 0.05) is 44.5 Å². The number of nitrogens with zero attached hydrogens (tertiary/aromatic N) is 7. The Labute approximate surface area is 139 Å². The van der Waals surface area contributed by atoms with E-state index in [-0.39, 0.29) is 0 Å². The SMILES string of the molecule is c1cn2nc(N3CCN(c4nnc(C5CCC5)o4)CC3)ccc2n1. The highest BCUT2D eigenvalue weighted by atomic mass is 16.4. The van der Waals surface area contributed by atoms with E-state index in [0.29, 0.717) is 11.9 Å². The second-order valence-electron chi connectivity index (χ2n) is 6.45. The van der Waals surface area contributed by atoms with Crippen LogP contribution in [-0.2, 0) is 0 Å². The first-order chi connectivity index (χ1) is 11.9. The first kappa shape index (κ1) is 13.8. The zero-order valence-corrected chi connectivity index (χ0v) is 13.4. The van der Waals surface area contributed by atoms with Crippen molar-refractivity contribution in [1.29, 1.82) is 0 Å². The minimum atomic E-state index is 0.485. The van der Waals surface area contributed by atoms with Gasteiger partial charge in [0.2, 0.25) is 5.89 Å². The number of piperazine rings is 1. The van der Waals surface area contributed by atoms with Crippen molar-refractivity contribution in [3.63, 3.8) is 0 Å². The van der Waals surface area contributed by atoms with Crippen LogP contribution in [0.5, 0.6) is 0 Å². The van der Waals surface area contributed by atoms with E-state index in [4.69, 9.17) is 4.42 Å². The predicted molar refractivity (Wildman–Crippen MR) is 88.3 cm³/mol. The highest BCUT2D eigenvalue weighted by molar-refractivity contribution is 5.47. The van der Waals surface area contributed by atoms with E-state index in [1.807, 2.05) is 22.8 Å². The molecule has 3 aromatic rings. The van der Waals surface area contributed by atoms with Crippen molar-refractivity contribution in [3.8, 4) is 0 Å². The van der Waals surface area contributed by atoms with Gasteiger partial charge in [0.15, 0.2) is 5.65 Å². The second-order valence-corrected chi connectivity index (χ2v) is 6.45. The van der Waals surface area contributed by atoms with Crippen LogP contribution < -0.4 is 9.80 Å². The fraction of sp³-hybridized carbons (Fsp3) is 0.500. The van der Waals surface area contributed by atoms with Crippen molar-refractivity contribution in [1.82, 2.24) is 24.8 Å². The Balaban J connectivity index is 1.27. The van der Waals surface area contributed by atoms with Gasteiger partial charge in [-0.15, -0.1) is 10.2 Å². The molecule has 124 valence electrons. The summed E-state index contributed by atoms with van der Waals surface area (Å²) in [6.07, 6.45) is 7.26. The van der Waals surface area contributed by atoms with E-state index in [0.717, 1.165) is 43.5 Å². The highest BCUT2D eigenvalue weighted by Gasteiger charge is 2.27. The lowest BCUT2D eigenvalue weighted by molar-refractivity contribution is 0.334. The molecule has 1 saturated carbocycles. The number of hydrogen-bond acceptors (Lipinski definition) is 7. The largest absolute Gasteiger partial charge is 0.408 e. The molecule has 3 aromatic heterocycles. The first-order valence-corrected chi connectivity index (χ1v) is 8.50. The van der Waals surface area contributed by atoms with E-state index in [2.05, 4.69) is 30.1 Å². The summed E-state index contributed by atoms with van der Waals surface area (Å²) in [7, 11) is 0. The van der Waals surface area contributed by atoms with Crippen LogP contribution in [-0.4, -0.2) is 51.0 Å². The van der Waals surface area contributed by atoms with Crippen molar-refractivity contribution in [2.24, 2.45) is 0 Å². The van der Waals surface area contributed by atoms with Crippen molar-refractivity contribution in [2.75, 3.05) is 36.0 Å². The fourth-order valence-corrected chi connectivity index (χ4v) is 3.27. The molecule has 24 heavy (non-hydrogen) atoms. The van der Waals surface area contributed by atoms with E-state index in [9.17, 15) is 0 Å². The molecule has 8 heteroatoms. The van der Waals surface area contributed by atoms with E-state index in [1.165, 1.54) is 19.3 Å². The molecular formula is C16H19N7O. The quantitative estimate of drug-likeness (QED) is 0.725. The molecule has 0 radical (unpaired) electrons. The van der Waals surface area contributed by atoms with Gasteiger partial charge in [-0.25, -0.2) is 9.50 Å². The summed E-state index contributed by atoms with van der Waals surface area (Å²) in [6, 6.07) is 4.69. The number of fused-ring (bicyclic) bond motifs is 1. The summed E-state index contributed by atoms with van der Waals surface area (Å²) >= 11 is 0. The summed E-state index contributed by atoms with van der Waals surface area (Å²) < 4.78 is 7.68. The third kappa shape index (κ3) is 2.29. The number of aromatic nitrogens is 5. The average Bonchev–Trinajstić information content (AvgIpc) is 3.22. The zero-order valence-electron chi connectivity index (χ0n) is 13.4. The van der Waals surface area contributed by atoms with Gasteiger partial charge >= 0.3 is 6.01 Å². The van der Waals surface area contributed by atoms with Gasteiger partial charge < -0.3 is 14.2 Å². The normalized spacial score (nSPS) is 19.0. The number of imidazole rings is 1. The standard InChI is InChI=1S/C16H19N7O/c1-2-12(3-1)15-18-19-16(24-15)22-10-8-21(9-11-22)14-5-4-13-17-6-7-23(13)20-14/h4-7,12H,1-3,8-11H2. The van der Waals surface area contributed by atoms with Crippen molar-refractivity contribution >= 4 is 17.5 Å². The van der Waals surface area contributed by atoms with Crippen LogP contribution >= 0.6 is 0 Å². The lowest BCUT2D eigenvalue weighted by Gasteiger charge is -2.34. The minimum absolute atomic E-state index is 0.485. The van der Waals surface area contributed by atoms with Crippen LogP contribution in [0.4, 0.5) is 11.8 Å². The van der Waals surface area contributed by atoms with E-state index in [1.54, 1.807) is 6.20 Å². The van der Waals surface area contributed by atoms with Crippen LogP contribution in [0.1, 0.15) is 31.1 Å². The van der Waals surface area contributed by atoms with Crippen LogP contribution in [0, 0.1) is 0 Å². The molecule has 1 aliphatic carbocycles. The van der Waals surface area contributed by atoms with Crippen LogP contribution in [0.2, 0.25) is 0 Å². The maximum atomic E-state index is 5.87. The first-order valence-electron chi connectivity index (χ1n) is 8.50. The molecule has 4 heterocycles. The Hall–Kier alpha value is -2.64. The van der Waals surface area contributed by atoms with Crippen LogP contribution in [0.25, 0.3) is 5.65 Å². The molecule has 5 rings (SSSR count). The molecule has 0 aromatic carbocycles. The number of hydrogen-bond donors (Lipinski definition) is 0.